The molecule has 0 aliphatic carbocycles. The van der Waals surface area contributed by atoms with Crippen LogP contribution in [0.3, 0.4) is 0 Å². The highest BCUT2D eigenvalue weighted by Crippen LogP contribution is 2.27. The molecule has 0 N–H and O–H groups in total. The Morgan fingerprint density at radius 1 is 1.41 bits per heavy atom. The van der Waals surface area contributed by atoms with Crippen molar-refractivity contribution in [1.82, 2.24) is 4.90 Å². The fourth-order valence-electron chi connectivity index (χ4n) is 1.79. The number of amides is 1. The van der Waals surface area contributed by atoms with Gasteiger partial charge in [-0.2, -0.15) is 0 Å². The molecule has 0 spiro atoms. The fourth-order valence-corrected chi connectivity index (χ4v) is 2.91. The van der Waals surface area contributed by atoms with Crippen LogP contribution in [0.5, 0.6) is 0 Å². The Morgan fingerprint density at radius 2 is 2.00 bits per heavy atom. The quantitative estimate of drug-likeness (QED) is 0.789. The van der Waals surface area contributed by atoms with E-state index in [4.69, 9.17) is 4.74 Å². The minimum atomic E-state index is -0.373. The molecule has 3 nitrogen and oxygen atoms in total. The summed E-state index contributed by atoms with van der Waals surface area (Å²) in [5, 5.41) is 0. The van der Waals surface area contributed by atoms with Crippen LogP contribution in [0.2, 0.25) is 0 Å². The first-order chi connectivity index (χ1) is 7.81. The zero-order valence-corrected chi connectivity index (χ0v) is 12.7. The van der Waals surface area contributed by atoms with E-state index in [2.05, 4.69) is 13.2 Å². The monoisotopic (exact) mass is 261 g/mol. The Balaban J connectivity index is 2.16. The lowest BCUT2D eigenvalue weighted by molar-refractivity contribution is -0.00125. The molecular weight excluding hydrogens is 234 g/mol. The smallest absolute Gasteiger partial charge is 0.410 e. The van der Waals surface area contributed by atoms with Gasteiger partial charge in [0.15, 0.2) is 0 Å². The number of thiol groups is 1. The average Bonchev–Trinajstić information content (AvgIpc) is 2.11. The van der Waals surface area contributed by atoms with Gasteiger partial charge < -0.3 is 9.64 Å². The largest absolute Gasteiger partial charge is 0.444 e. The number of carbonyl (C=O) groups is 1. The van der Waals surface area contributed by atoms with Crippen LogP contribution >= 0.6 is 10.9 Å². The van der Waals surface area contributed by atoms with Crippen LogP contribution in [-0.2, 0) is 4.74 Å². The van der Waals surface area contributed by atoms with Gasteiger partial charge in [0.2, 0.25) is 0 Å². The zero-order valence-electron chi connectivity index (χ0n) is 11.8. The third-order valence-electron chi connectivity index (χ3n) is 3.07. The molecule has 1 atom stereocenters. The van der Waals surface area contributed by atoms with Crippen molar-refractivity contribution in [3.63, 3.8) is 0 Å². The van der Waals surface area contributed by atoms with Gasteiger partial charge in [0.05, 0.1) is 0 Å². The number of rotatable bonds is 4. The minimum Gasteiger partial charge on any atom is -0.444 e. The second kappa shape index (κ2) is 5.98. The van der Waals surface area contributed by atoms with Gasteiger partial charge in [-0.05, 0) is 50.9 Å². The summed E-state index contributed by atoms with van der Waals surface area (Å²) in [5.74, 6) is 3.37. The highest BCUT2D eigenvalue weighted by molar-refractivity contribution is 8.16. The lowest BCUT2D eigenvalue weighted by Gasteiger charge is -2.40. The fraction of sp³-hybridized carbons (Fsp3) is 0.923. The number of hydrogen-bond acceptors (Lipinski definition) is 2. The van der Waals surface area contributed by atoms with Crippen molar-refractivity contribution in [2.24, 2.45) is 5.92 Å². The molecule has 1 heterocycles. The van der Waals surface area contributed by atoms with Crippen molar-refractivity contribution >= 4 is 17.0 Å². The summed E-state index contributed by atoms with van der Waals surface area (Å²) in [4.78, 5) is 13.5. The molecule has 1 amide bonds. The van der Waals surface area contributed by atoms with E-state index in [0.29, 0.717) is 5.92 Å². The Kier molecular flexibility index (Phi) is 5.17. The van der Waals surface area contributed by atoms with Crippen LogP contribution in [0.25, 0.3) is 0 Å². The molecule has 1 unspecified atom stereocenters. The Bertz CT molecular complexity index is 257. The van der Waals surface area contributed by atoms with Gasteiger partial charge in [-0.3, -0.25) is 10.9 Å². The first-order valence-corrected chi connectivity index (χ1v) is 8.64. The van der Waals surface area contributed by atoms with Gasteiger partial charge in [0.1, 0.15) is 5.60 Å². The zero-order chi connectivity index (χ0) is 13.1. The normalized spacial score (nSPS) is 19.8. The highest BCUT2D eigenvalue weighted by Gasteiger charge is 2.33. The maximum absolute atomic E-state index is 11.7. The average molecular weight is 261 g/mol. The van der Waals surface area contributed by atoms with Gasteiger partial charge >= 0.3 is 6.09 Å². The lowest BCUT2D eigenvalue weighted by atomic mass is 9.98. The Labute approximate surface area is 108 Å². The van der Waals surface area contributed by atoms with Crippen molar-refractivity contribution < 1.29 is 9.53 Å². The van der Waals surface area contributed by atoms with Crippen molar-refractivity contribution in [1.29, 1.82) is 0 Å². The summed E-state index contributed by atoms with van der Waals surface area (Å²) >= 11 is 0. The predicted molar refractivity (Wildman–Crippen MR) is 76.2 cm³/mol. The standard InChI is InChI=1S/C13H27NO2S/c1-6-17(5)8-7-11-9-14(10-11)12(15)16-13(2,3)4/h11,17H,6-10H2,1-5H3. The van der Waals surface area contributed by atoms with Crippen molar-refractivity contribution in [3.05, 3.63) is 0 Å². The number of ether oxygens (including phenoxy) is 1. The SMILES string of the molecule is CC[SH](C)CCC1CN(C(=O)OC(C)(C)C)C1. The van der Waals surface area contributed by atoms with Crippen molar-refractivity contribution in [3.8, 4) is 0 Å². The minimum absolute atomic E-state index is 0.150. The third kappa shape index (κ3) is 5.19. The van der Waals surface area contributed by atoms with E-state index in [1.165, 1.54) is 17.9 Å². The molecule has 0 aromatic carbocycles. The Hall–Kier alpha value is -0.380. The first-order valence-electron chi connectivity index (χ1n) is 6.48. The van der Waals surface area contributed by atoms with E-state index in [1.807, 2.05) is 25.7 Å². The van der Waals surface area contributed by atoms with Crippen LogP contribution in [0.15, 0.2) is 0 Å². The van der Waals surface area contributed by atoms with E-state index < -0.39 is 0 Å². The van der Waals surface area contributed by atoms with Crippen LogP contribution in [-0.4, -0.2) is 47.4 Å². The van der Waals surface area contributed by atoms with Gasteiger partial charge in [0, 0.05) is 13.1 Å². The molecule has 0 aromatic rings. The maximum atomic E-state index is 11.7. The van der Waals surface area contributed by atoms with Crippen LogP contribution in [0, 0.1) is 5.92 Å². The molecule has 1 rings (SSSR count). The molecule has 1 aliphatic rings. The van der Waals surface area contributed by atoms with E-state index >= 15 is 0 Å². The molecule has 1 saturated heterocycles. The molecule has 102 valence electrons. The van der Waals surface area contributed by atoms with E-state index in [-0.39, 0.29) is 22.6 Å². The van der Waals surface area contributed by atoms with Crippen molar-refractivity contribution in [2.75, 3.05) is 30.9 Å². The molecule has 0 aromatic heterocycles. The van der Waals surface area contributed by atoms with Crippen LogP contribution in [0.4, 0.5) is 4.79 Å². The number of nitrogens with zero attached hydrogens (tertiary/aromatic N) is 1. The Morgan fingerprint density at radius 3 is 2.47 bits per heavy atom. The molecule has 0 radical (unpaired) electrons. The lowest BCUT2D eigenvalue weighted by Crippen LogP contribution is -2.51. The maximum Gasteiger partial charge on any atom is 0.410 e. The summed E-state index contributed by atoms with van der Waals surface area (Å²) in [6, 6.07) is 0. The van der Waals surface area contributed by atoms with Gasteiger partial charge in [-0.25, -0.2) is 4.79 Å². The summed E-state index contributed by atoms with van der Waals surface area (Å²) in [5.41, 5.74) is -0.373. The second-order valence-corrected chi connectivity index (χ2v) is 8.73. The molecule has 1 fully saturated rings. The second-order valence-electron chi connectivity index (χ2n) is 5.94. The van der Waals surface area contributed by atoms with Crippen LogP contribution in [0.1, 0.15) is 34.1 Å². The summed E-state index contributed by atoms with van der Waals surface area (Å²) in [6.07, 6.45) is 3.48. The number of likely N-dealkylation sites (tertiary alicyclic amines) is 1. The number of hydrogen-bond donors (Lipinski definition) is 1. The molecule has 1 aliphatic heterocycles. The topological polar surface area (TPSA) is 29.5 Å². The summed E-state index contributed by atoms with van der Waals surface area (Å²) in [7, 11) is 0.231. The molecule has 0 bridgehead atoms. The van der Waals surface area contributed by atoms with E-state index in [9.17, 15) is 4.79 Å². The van der Waals surface area contributed by atoms with Crippen LogP contribution < -0.4 is 0 Å². The summed E-state index contributed by atoms with van der Waals surface area (Å²) < 4.78 is 5.33. The molecule has 4 heteroatoms. The first kappa shape index (κ1) is 14.7. The van der Waals surface area contributed by atoms with E-state index in [0.717, 1.165) is 13.1 Å². The summed E-state index contributed by atoms with van der Waals surface area (Å²) in [6.45, 7) is 9.78. The van der Waals surface area contributed by atoms with E-state index in [1.54, 1.807) is 0 Å². The van der Waals surface area contributed by atoms with Gasteiger partial charge in [-0.15, -0.1) is 0 Å². The predicted octanol–water partition coefficient (Wildman–Crippen LogP) is 2.89. The van der Waals surface area contributed by atoms with Crippen molar-refractivity contribution in [2.45, 2.75) is 39.7 Å². The molecular formula is C13H27NO2S. The van der Waals surface area contributed by atoms with Gasteiger partial charge in [-0.1, -0.05) is 6.92 Å². The highest BCUT2D eigenvalue weighted by atomic mass is 32.2. The number of carbonyl (C=O) groups excluding carboxylic acids is 1. The molecule has 17 heavy (non-hydrogen) atoms. The third-order valence-corrected chi connectivity index (χ3v) is 5.17. The van der Waals surface area contributed by atoms with Gasteiger partial charge in [0.25, 0.3) is 0 Å². The molecule has 0 saturated carbocycles.